The number of carboxylic acids is 1. The van der Waals surface area contributed by atoms with E-state index in [1.54, 1.807) is 12.1 Å². The van der Waals surface area contributed by atoms with Crippen LogP contribution in [0, 0.1) is 5.92 Å². The molecule has 1 saturated heterocycles. The summed E-state index contributed by atoms with van der Waals surface area (Å²) in [5, 5.41) is 9.03. The molecule has 1 aromatic carbocycles. The number of hydrogen-bond acceptors (Lipinski definition) is 8. The standard InChI is InChI=1S/C19H27NO8S/c1-14(16-7-9-17(10-8-16)28-29(3,23)24)20-27-11-5-4-6-15-12-25-19(2,18(21)22)26-13-15/h7-10,15,20H,1,4-6,11-13H2,2-3H3,(H,21,22). The summed E-state index contributed by atoms with van der Waals surface area (Å²) in [5.74, 6) is -2.27. The van der Waals surface area contributed by atoms with Gasteiger partial charge in [-0.05, 0) is 42.7 Å². The minimum absolute atomic E-state index is 0.165. The Morgan fingerprint density at radius 2 is 1.90 bits per heavy atom. The van der Waals surface area contributed by atoms with Gasteiger partial charge < -0.3 is 18.8 Å². The highest BCUT2D eigenvalue weighted by atomic mass is 32.2. The molecule has 2 rings (SSSR count). The van der Waals surface area contributed by atoms with Gasteiger partial charge in [0.25, 0.3) is 5.79 Å². The molecule has 0 aromatic heterocycles. The molecule has 0 radical (unpaired) electrons. The lowest BCUT2D eigenvalue weighted by molar-refractivity contribution is -0.271. The number of carbonyl (C=O) groups is 1. The molecule has 2 N–H and O–H groups in total. The summed E-state index contributed by atoms with van der Waals surface area (Å²) >= 11 is 0. The predicted molar refractivity (Wildman–Crippen MR) is 105 cm³/mol. The van der Waals surface area contributed by atoms with Crippen LogP contribution in [0.5, 0.6) is 5.75 Å². The number of carboxylic acid groups (broad SMARTS) is 1. The van der Waals surface area contributed by atoms with Crippen molar-refractivity contribution in [3.05, 3.63) is 36.4 Å². The maximum absolute atomic E-state index is 11.1. The van der Waals surface area contributed by atoms with E-state index in [0.29, 0.717) is 25.5 Å². The second kappa shape index (κ2) is 10.1. The Kier molecular flexibility index (Phi) is 8.03. The summed E-state index contributed by atoms with van der Waals surface area (Å²) in [4.78, 5) is 16.4. The number of nitrogens with one attached hydrogen (secondary N) is 1. The Hall–Kier alpha value is -2.14. The van der Waals surface area contributed by atoms with Crippen molar-refractivity contribution < 1.29 is 36.8 Å². The molecule has 1 aliphatic heterocycles. The van der Waals surface area contributed by atoms with Gasteiger partial charge in [-0.1, -0.05) is 13.0 Å². The van der Waals surface area contributed by atoms with Gasteiger partial charge in [0.05, 0.1) is 31.8 Å². The van der Waals surface area contributed by atoms with Gasteiger partial charge in [-0.15, -0.1) is 0 Å². The molecule has 1 fully saturated rings. The Balaban J connectivity index is 1.60. The Morgan fingerprint density at radius 3 is 2.45 bits per heavy atom. The monoisotopic (exact) mass is 429 g/mol. The summed E-state index contributed by atoms with van der Waals surface area (Å²) in [6.45, 7) is 6.46. The molecule has 0 unspecified atom stereocenters. The van der Waals surface area contributed by atoms with E-state index in [-0.39, 0.29) is 11.7 Å². The molecule has 0 bridgehead atoms. The summed E-state index contributed by atoms with van der Waals surface area (Å²) in [7, 11) is -3.56. The molecule has 0 amide bonds. The van der Waals surface area contributed by atoms with Crippen LogP contribution in [0.2, 0.25) is 0 Å². The maximum Gasteiger partial charge on any atom is 0.364 e. The van der Waals surface area contributed by atoms with E-state index in [4.69, 9.17) is 23.6 Å². The molecule has 1 aromatic rings. The fraction of sp³-hybridized carbons (Fsp3) is 0.526. The van der Waals surface area contributed by atoms with Crippen molar-refractivity contribution in [2.24, 2.45) is 5.92 Å². The fourth-order valence-corrected chi connectivity index (χ4v) is 3.09. The number of hydrogen-bond donors (Lipinski definition) is 2. The van der Waals surface area contributed by atoms with Gasteiger partial charge in [0.2, 0.25) is 0 Å². The van der Waals surface area contributed by atoms with Crippen LogP contribution in [0.3, 0.4) is 0 Å². The lowest BCUT2D eigenvalue weighted by atomic mass is 10.0. The maximum atomic E-state index is 11.1. The highest BCUT2D eigenvalue weighted by molar-refractivity contribution is 7.86. The zero-order valence-electron chi connectivity index (χ0n) is 16.5. The van der Waals surface area contributed by atoms with Gasteiger partial charge in [0.1, 0.15) is 5.75 Å². The van der Waals surface area contributed by atoms with Crippen LogP contribution in [0.25, 0.3) is 5.70 Å². The highest BCUT2D eigenvalue weighted by Crippen LogP contribution is 2.24. The average Bonchev–Trinajstić information content (AvgIpc) is 2.65. The lowest BCUT2D eigenvalue weighted by Crippen LogP contribution is -2.47. The number of ether oxygens (including phenoxy) is 2. The molecule has 1 aliphatic rings. The van der Waals surface area contributed by atoms with Gasteiger partial charge in [-0.3, -0.25) is 10.3 Å². The van der Waals surface area contributed by atoms with E-state index in [1.807, 2.05) is 0 Å². The molecule has 9 nitrogen and oxygen atoms in total. The topological polar surface area (TPSA) is 120 Å². The zero-order valence-corrected chi connectivity index (χ0v) is 17.4. The summed E-state index contributed by atoms with van der Waals surface area (Å²) in [5.41, 5.74) is 4.04. The van der Waals surface area contributed by atoms with E-state index in [0.717, 1.165) is 31.1 Å². The van der Waals surface area contributed by atoms with E-state index in [1.165, 1.54) is 19.1 Å². The lowest BCUT2D eigenvalue weighted by Gasteiger charge is -2.34. The van der Waals surface area contributed by atoms with Crippen LogP contribution in [0.1, 0.15) is 31.7 Å². The first kappa shape index (κ1) is 23.1. The molecular formula is C19H27NO8S. The van der Waals surface area contributed by atoms with Crippen molar-refractivity contribution in [2.45, 2.75) is 32.0 Å². The highest BCUT2D eigenvalue weighted by Gasteiger charge is 2.40. The molecule has 0 saturated carbocycles. The van der Waals surface area contributed by atoms with Crippen LogP contribution in [0.15, 0.2) is 30.8 Å². The van der Waals surface area contributed by atoms with Crippen LogP contribution in [-0.2, 0) is 29.2 Å². The van der Waals surface area contributed by atoms with Gasteiger partial charge >= 0.3 is 16.1 Å². The minimum atomic E-state index is -3.56. The Bertz CT molecular complexity index is 798. The van der Waals surface area contributed by atoms with E-state index in [2.05, 4.69) is 12.1 Å². The van der Waals surface area contributed by atoms with Crippen LogP contribution >= 0.6 is 0 Å². The summed E-state index contributed by atoms with van der Waals surface area (Å²) in [6, 6.07) is 6.42. The van der Waals surface area contributed by atoms with Gasteiger partial charge in [0, 0.05) is 12.8 Å². The SMILES string of the molecule is C=C(NOCCCCC1COC(C)(C(=O)O)OC1)c1ccc(OS(C)(=O)=O)cc1. The summed E-state index contributed by atoms with van der Waals surface area (Å²) < 4.78 is 37.6. The summed E-state index contributed by atoms with van der Waals surface area (Å²) in [6.07, 6.45) is 3.51. The minimum Gasteiger partial charge on any atom is -0.477 e. The predicted octanol–water partition coefficient (Wildman–Crippen LogP) is 2.15. The van der Waals surface area contributed by atoms with E-state index >= 15 is 0 Å². The van der Waals surface area contributed by atoms with Crippen molar-refractivity contribution in [1.82, 2.24) is 5.48 Å². The van der Waals surface area contributed by atoms with Crippen molar-refractivity contribution >= 4 is 21.8 Å². The molecule has 0 aliphatic carbocycles. The van der Waals surface area contributed by atoms with Crippen LogP contribution in [0.4, 0.5) is 0 Å². The number of benzene rings is 1. The molecule has 162 valence electrons. The third kappa shape index (κ3) is 7.65. The average molecular weight is 429 g/mol. The van der Waals surface area contributed by atoms with Crippen molar-refractivity contribution in [3.8, 4) is 5.75 Å². The third-order valence-corrected chi connectivity index (χ3v) is 4.83. The largest absolute Gasteiger partial charge is 0.477 e. The first-order valence-electron chi connectivity index (χ1n) is 9.17. The van der Waals surface area contributed by atoms with Gasteiger partial charge in [-0.2, -0.15) is 8.42 Å². The van der Waals surface area contributed by atoms with Crippen molar-refractivity contribution in [3.63, 3.8) is 0 Å². The normalized spacial score (nSPS) is 22.1. The van der Waals surface area contributed by atoms with Crippen molar-refractivity contribution in [2.75, 3.05) is 26.1 Å². The van der Waals surface area contributed by atoms with E-state index < -0.39 is 21.9 Å². The van der Waals surface area contributed by atoms with Crippen molar-refractivity contribution in [1.29, 1.82) is 0 Å². The number of hydroxylamine groups is 1. The quantitative estimate of drug-likeness (QED) is 0.310. The third-order valence-electron chi connectivity index (χ3n) is 4.33. The second-order valence-corrected chi connectivity index (χ2v) is 8.55. The number of unbranched alkanes of at least 4 members (excludes halogenated alkanes) is 1. The molecule has 10 heteroatoms. The number of aliphatic carboxylic acids is 1. The van der Waals surface area contributed by atoms with E-state index in [9.17, 15) is 13.2 Å². The molecule has 0 atom stereocenters. The Labute approximate surface area is 170 Å². The Morgan fingerprint density at radius 1 is 1.28 bits per heavy atom. The molecule has 29 heavy (non-hydrogen) atoms. The second-order valence-electron chi connectivity index (χ2n) is 6.98. The number of rotatable bonds is 11. The molecule has 1 heterocycles. The molecular weight excluding hydrogens is 402 g/mol. The van der Waals surface area contributed by atoms with Gasteiger partial charge in [0.15, 0.2) is 0 Å². The smallest absolute Gasteiger partial charge is 0.364 e. The van der Waals surface area contributed by atoms with Crippen LogP contribution < -0.4 is 9.66 Å². The fourth-order valence-electron chi connectivity index (χ4n) is 2.62. The zero-order chi connectivity index (χ0) is 21.5. The van der Waals surface area contributed by atoms with Gasteiger partial charge in [-0.25, -0.2) is 4.79 Å². The first-order chi connectivity index (χ1) is 13.6. The molecule has 0 spiro atoms. The van der Waals surface area contributed by atoms with Crippen LogP contribution in [-0.4, -0.2) is 51.4 Å². The first-order valence-corrected chi connectivity index (χ1v) is 11.0.